The van der Waals surface area contributed by atoms with Crippen molar-refractivity contribution in [2.24, 2.45) is 23.2 Å². The number of nitrogens with one attached hydrogen (secondary N) is 1. The molecule has 0 aromatic rings. The molecule has 2 aliphatic carbocycles. The first-order valence-corrected chi connectivity index (χ1v) is 6.30. The molecule has 1 N–H and O–H groups in total. The molecule has 0 aliphatic heterocycles. The van der Waals surface area contributed by atoms with Gasteiger partial charge in [-0.05, 0) is 55.9 Å². The molecule has 0 aromatic heterocycles. The highest BCUT2D eigenvalue weighted by Gasteiger charge is 2.52. The Morgan fingerprint density at radius 3 is 2.43 bits per heavy atom. The van der Waals surface area contributed by atoms with Gasteiger partial charge in [0, 0.05) is 6.54 Å². The zero-order chi connectivity index (χ0) is 10.2. The van der Waals surface area contributed by atoms with Gasteiger partial charge < -0.3 is 5.32 Å². The van der Waals surface area contributed by atoms with Gasteiger partial charge in [-0.25, -0.2) is 0 Å². The Balaban J connectivity index is 1.86. The van der Waals surface area contributed by atoms with Crippen molar-refractivity contribution >= 4 is 0 Å². The van der Waals surface area contributed by atoms with Crippen LogP contribution in [-0.2, 0) is 0 Å². The maximum atomic E-state index is 3.42. The van der Waals surface area contributed by atoms with Crippen LogP contribution in [0.4, 0.5) is 0 Å². The summed E-state index contributed by atoms with van der Waals surface area (Å²) in [7, 11) is 2.11. The molecule has 2 atom stereocenters. The number of hydrogen-bond acceptors (Lipinski definition) is 1. The topological polar surface area (TPSA) is 12.0 Å². The second-order valence-electron chi connectivity index (χ2n) is 6.13. The predicted octanol–water partition coefficient (Wildman–Crippen LogP) is 3.06. The zero-order valence-corrected chi connectivity index (χ0v) is 9.97. The average Bonchev–Trinajstić information content (AvgIpc) is 2.73. The molecule has 0 bridgehead atoms. The van der Waals surface area contributed by atoms with Gasteiger partial charge in [-0.15, -0.1) is 0 Å². The van der Waals surface area contributed by atoms with E-state index in [1.165, 1.54) is 32.2 Å². The Morgan fingerprint density at radius 2 is 1.93 bits per heavy atom. The van der Waals surface area contributed by atoms with Gasteiger partial charge in [0.15, 0.2) is 0 Å². The van der Waals surface area contributed by atoms with E-state index >= 15 is 0 Å². The Hall–Kier alpha value is -0.0400. The Kier molecular flexibility index (Phi) is 2.88. The van der Waals surface area contributed by atoms with Crippen LogP contribution in [0.2, 0.25) is 0 Å². The summed E-state index contributed by atoms with van der Waals surface area (Å²) < 4.78 is 0. The summed E-state index contributed by atoms with van der Waals surface area (Å²) in [5, 5.41) is 3.42. The molecule has 0 amide bonds. The minimum absolute atomic E-state index is 0.687. The van der Waals surface area contributed by atoms with Crippen molar-refractivity contribution in [2.75, 3.05) is 13.6 Å². The summed E-state index contributed by atoms with van der Waals surface area (Å²) >= 11 is 0. The van der Waals surface area contributed by atoms with Gasteiger partial charge in [-0.2, -0.15) is 0 Å². The van der Waals surface area contributed by atoms with E-state index in [1.807, 2.05) is 0 Å². The first kappa shape index (κ1) is 10.5. The molecular formula is C13H25N. The van der Waals surface area contributed by atoms with Gasteiger partial charge in [-0.3, -0.25) is 0 Å². The molecule has 0 heterocycles. The van der Waals surface area contributed by atoms with Crippen molar-refractivity contribution in [3.8, 4) is 0 Å². The maximum absolute atomic E-state index is 3.42. The lowest BCUT2D eigenvalue weighted by atomic mass is 9.77. The van der Waals surface area contributed by atoms with Crippen LogP contribution in [0.25, 0.3) is 0 Å². The van der Waals surface area contributed by atoms with E-state index in [1.54, 1.807) is 6.42 Å². The molecule has 1 heteroatoms. The van der Waals surface area contributed by atoms with Crippen LogP contribution in [0.5, 0.6) is 0 Å². The average molecular weight is 195 g/mol. The van der Waals surface area contributed by atoms with Gasteiger partial charge in [0.25, 0.3) is 0 Å². The van der Waals surface area contributed by atoms with E-state index in [-0.39, 0.29) is 0 Å². The van der Waals surface area contributed by atoms with E-state index in [4.69, 9.17) is 0 Å². The molecule has 0 aromatic carbocycles. The molecule has 2 unspecified atom stereocenters. The van der Waals surface area contributed by atoms with E-state index in [0.717, 1.165) is 17.8 Å². The van der Waals surface area contributed by atoms with Crippen LogP contribution in [0.3, 0.4) is 0 Å². The van der Waals surface area contributed by atoms with Crippen LogP contribution in [0.15, 0.2) is 0 Å². The number of fused-ring (bicyclic) bond motifs is 1. The van der Waals surface area contributed by atoms with Gasteiger partial charge in [0.1, 0.15) is 0 Å². The predicted molar refractivity (Wildman–Crippen MR) is 61.3 cm³/mol. The molecule has 1 nitrogen and oxygen atoms in total. The van der Waals surface area contributed by atoms with Crippen LogP contribution < -0.4 is 5.32 Å². The molecule has 14 heavy (non-hydrogen) atoms. The first-order valence-electron chi connectivity index (χ1n) is 6.30. The molecule has 0 spiro atoms. The van der Waals surface area contributed by atoms with Crippen LogP contribution >= 0.6 is 0 Å². The summed E-state index contributed by atoms with van der Waals surface area (Å²) in [6.07, 6.45) is 7.46. The van der Waals surface area contributed by atoms with Gasteiger partial charge >= 0.3 is 0 Å². The highest BCUT2D eigenvalue weighted by atomic mass is 14.8. The van der Waals surface area contributed by atoms with Crippen LogP contribution in [0, 0.1) is 23.2 Å². The van der Waals surface area contributed by atoms with Crippen molar-refractivity contribution in [1.82, 2.24) is 5.32 Å². The van der Waals surface area contributed by atoms with Crippen LogP contribution in [0.1, 0.15) is 46.0 Å². The molecule has 82 valence electrons. The van der Waals surface area contributed by atoms with E-state index in [9.17, 15) is 0 Å². The highest BCUT2D eigenvalue weighted by Crippen LogP contribution is 2.61. The third kappa shape index (κ3) is 2.13. The molecule has 2 rings (SSSR count). The fourth-order valence-electron chi connectivity index (χ4n) is 3.41. The minimum Gasteiger partial charge on any atom is -0.319 e. The second-order valence-corrected chi connectivity index (χ2v) is 6.13. The molecule has 2 fully saturated rings. The monoisotopic (exact) mass is 195 g/mol. The van der Waals surface area contributed by atoms with Gasteiger partial charge in [0.05, 0.1) is 0 Å². The minimum atomic E-state index is 0.687. The Labute approximate surface area is 88.7 Å². The third-order valence-electron chi connectivity index (χ3n) is 4.26. The quantitative estimate of drug-likeness (QED) is 0.711. The SMILES string of the molecule is CNCC1(CCC(C)C)CC2CC2C1. The second kappa shape index (κ2) is 3.84. The zero-order valence-electron chi connectivity index (χ0n) is 9.97. The first-order chi connectivity index (χ1) is 6.65. The fraction of sp³-hybridized carbons (Fsp3) is 1.00. The van der Waals surface area contributed by atoms with Gasteiger partial charge in [0.2, 0.25) is 0 Å². The standard InChI is InChI=1S/C13H25N/c1-10(2)4-5-13(9-14-3)7-11-6-12(11)8-13/h10-12,14H,4-9H2,1-3H3. The van der Waals surface area contributed by atoms with Crippen molar-refractivity contribution in [1.29, 1.82) is 0 Å². The van der Waals surface area contributed by atoms with E-state index < -0.39 is 0 Å². The third-order valence-corrected chi connectivity index (χ3v) is 4.26. The lowest BCUT2D eigenvalue weighted by Gasteiger charge is -2.31. The normalized spacial score (nSPS) is 40.3. The van der Waals surface area contributed by atoms with E-state index in [2.05, 4.69) is 26.2 Å². The van der Waals surface area contributed by atoms with Crippen LogP contribution in [-0.4, -0.2) is 13.6 Å². The lowest BCUT2D eigenvalue weighted by molar-refractivity contribution is 0.219. The van der Waals surface area contributed by atoms with Crippen molar-refractivity contribution in [3.63, 3.8) is 0 Å². The molecule has 0 radical (unpaired) electrons. The summed E-state index contributed by atoms with van der Waals surface area (Å²) in [4.78, 5) is 0. The lowest BCUT2D eigenvalue weighted by Crippen LogP contribution is -2.31. The summed E-state index contributed by atoms with van der Waals surface area (Å²) in [5.41, 5.74) is 0.687. The van der Waals surface area contributed by atoms with Crippen molar-refractivity contribution in [2.45, 2.75) is 46.0 Å². The van der Waals surface area contributed by atoms with Crippen molar-refractivity contribution in [3.05, 3.63) is 0 Å². The molecule has 0 saturated heterocycles. The smallest absolute Gasteiger partial charge is 0.000501 e. The summed E-state index contributed by atoms with van der Waals surface area (Å²) in [5.74, 6) is 3.12. The maximum Gasteiger partial charge on any atom is 0.000501 e. The molecule has 2 saturated carbocycles. The van der Waals surface area contributed by atoms with Gasteiger partial charge in [-0.1, -0.05) is 20.3 Å². The summed E-state index contributed by atoms with van der Waals surface area (Å²) in [6.45, 7) is 5.96. The fourth-order valence-corrected chi connectivity index (χ4v) is 3.41. The number of hydrogen-bond donors (Lipinski definition) is 1. The Bertz CT molecular complexity index is 187. The molecular weight excluding hydrogens is 170 g/mol. The van der Waals surface area contributed by atoms with Crippen molar-refractivity contribution < 1.29 is 0 Å². The summed E-state index contributed by atoms with van der Waals surface area (Å²) in [6, 6.07) is 0. The number of rotatable bonds is 5. The highest BCUT2D eigenvalue weighted by molar-refractivity contribution is 5.03. The Morgan fingerprint density at radius 1 is 1.29 bits per heavy atom. The largest absolute Gasteiger partial charge is 0.319 e. The molecule has 2 aliphatic rings. The van der Waals surface area contributed by atoms with E-state index in [0.29, 0.717) is 5.41 Å².